The summed E-state index contributed by atoms with van der Waals surface area (Å²) in [5, 5.41) is 5.90. The van der Waals surface area contributed by atoms with Gasteiger partial charge in [0.15, 0.2) is 0 Å². The second-order valence-corrected chi connectivity index (χ2v) is 15.0. The van der Waals surface area contributed by atoms with Gasteiger partial charge in [0, 0.05) is 57.9 Å². The molecule has 5 aromatic rings. The Kier molecular flexibility index (Phi) is 7.23. The van der Waals surface area contributed by atoms with Gasteiger partial charge in [-0.25, -0.2) is 0 Å². The summed E-state index contributed by atoms with van der Waals surface area (Å²) in [5.74, 6) is 13.7. The molecule has 0 atom stereocenters. The van der Waals surface area contributed by atoms with E-state index < -0.39 is 14.2 Å². The largest absolute Gasteiger partial charge is 0.551 e. The van der Waals surface area contributed by atoms with Crippen molar-refractivity contribution in [1.29, 1.82) is 0 Å². The molecule has 0 amide bonds. The molecule has 230 valence electrons. The average molecular weight is 608 g/mol. The van der Waals surface area contributed by atoms with E-state index in [1.807, 2.05) is 24.5 Å². The highest BCUT2D eigenvalue weighted by Crippen LogP contribution is 2.38. The van der Waals surface area contributed by atoms with E-state index in [4.69, 9.17) is 18.6 Å². The number of fused-ring (bicyclic) bond motifs is 4. The van der Waals surface area contributed by atoms with Gasteiger partial charge in [0.05, 0.1) is 33.4 Å². The van der Waals surface area contributed by atoms with E-state index >= 15 is 0 Å². The highest BCUT2D eigenvalue weighted by molar-refractivity contribution is 6.55. The van der Waals surface area contributed by atoms with E-state index in [2.05, 4.69) is 125 Å². The zero-order valence-corrected chi connectivity index (χ0v) is 27.9. The van der Waals surface area contributed by atoms with Gasteiger partial charge in [-0.2, -0.15) is 0 Å². The van der Waals surface area contributed by atoms with Crippen LogP contribution in [0.4, 0.5) is 0 Å². The summed E-state index contributed by atoms with van der Waals surface area (Å²) in [7, 11) is -1.34. The fraction of sp³-hybridized carbons (Fsp3) is 0.368. The Morgan fingerprint density at radius 1 is 0.543 bits per heavy atom. The van der Waals surface area contributed by atoms with Crippen molar-refractivity contribution in [2.45, 2.75) is 90.6 Å². The molecule has 8 heteroatoms. The van der Waals surface area contributed by atoms with Crippen LogP contribution < -0.4 is 0 Å². The zero-order chi connectivity index (χ0) is 32.5. The first-order valence-corrected chi connectivity index (χ1v) is 15.9. The number of aromatic nitrogens is 2. The predicted molar refractivity (Wildman–Crippen MR) is 187 cm³/mol. The Morgan fingerprint density at radius 2 is 0.891 bits per heavy atom. The zero-order valence-electron chi connectivity index (χ0n) is 27.9. The fourth-order valence-corrected chi connectivity index (χ4v) is 7.43. The molecule has 0 unspecified atom stereocenters. The number of rotatable bonds is 0. The van der Waals surface area contributed by atoms with Gasteiger partial charge >= 0.3 is 14.2 Å². The quantitative estimate of drug-likeness (QED) is 0.102. The minimum absolute atomic E-state index is 0.362. The van der Waals surface area contributed by atoms with Crippen LogP contribution in [0.3, 0.4) is 0 Å². The summed E-state index contributed by atoms with van der Waals surface area (Å²) < 4.78 is 25.2. The molecule has 46 heavy (non-hydrogen) atoms. The first-order chi connectivity index (χ1) is 21.7. The van der Waals surface area contributed by atoms with Crippen molar-refractivity contribution in [2.24, 2.45) is 0 Å². The Hall–Kier alpha value is -3.91. The Bertz CT molecular complexity index is 1890. The molecule has 4 heterocycles. The topological polar surface area (TPSA) is 62.7 Å². The molecule has 0 bridgehead atoms. The SMILES string of the molecule is CC1(C)CC(C)(C)OB(C#Cc2c3cc4cccnc4cc3c(C#CB3OC(C)(C)CC(C)(C)O3)c3cc4cccnc4cc23)O1. The maximum Gasteiger partial charge on any atom is 0.551 e. The molecule has 0 spiro atoms. The molecule has 2 aliphatic heterocycles. The summed E-state index contributed by atoms with van der Waals surface area (Å²) in [5.41, 5.74) is 2.06. The maximum absolute atomic E-state index is 6.29. The van der Waals surface area contributed by atoms with Gasteiger partial charge in [-0.05, 0) is 103 Å². The van der Waals surface area contributed by atoms with Crippen molar-refractivity contribution in [2.75, 3.05) is 0 Å². The third-order valence-corrected chi connectivity index (χ3v) is 8.60. The van der Waals surface area contributed by atoms with Crippen LogP contribution >= 0.6 is 0 Å². The highest BCUT2D eigenvalue weighted by atomic mass is 16.6. The summed E-state index contributed by atoms with van der Waals surface area (Å²) in [6.07, 6.45) is 5.18. The van der Waals surface area contributed by atoms with Crippen LogP contribution in [0.2, 0.25) is 0 Å². The minimum atomic E-state index is -0.670. The number of benzene rings is 3. The van der Waals surface area contributed by atoms with Crippen LogP contribution in [0, 0.1) is 23.5 Å². The van der Waals surface area contributed by atoms with Crippen molar-refractivity contribution >= 4 is 57.6 Å². The average Bonchev–Trinajstić information content (AvgIpc) is 2.94. The fourth-order valence-electron chi connectivity index (χ4n) is 7.43. The second kappa shape index (κ2) is 10.8. The van der Waals surface area contributed by atoms with E-state index in [1.165, 1.54) is 0 Å². The Balaban J connectivity index is 1.51. The van der Waals surface area contributed by atoms with Crippen molar-refractivity contribution in [3.8, 4) is 23.5 Å². The molecular weight excluding hydrogens is 570 g/mol. The lowest BCUT2D eigenvalue weighted by atomic mass is 9.78. The molecule has 0 saturated carbocycles. The third kappa shape index (κ3) is 6.11. The number of pyridine rings is 2. The normalized spacial score (nSPS) is 19.9. The number of hydrogen-bond acceptors (Lipinski definition) is 6. The minimum Gasteiger partial charge on any atom is -0.395 e. The maximum atomic E-state index is 6.29. The van der Waals surface area contributed by atoms with E-state index in [0.29, 0.717) is 0 Å². The highest BCUT2D eigenvalue weighted by Gasteiger charge is 2.43. The van der Waals surface area contributed by atoms with Gasteiger partial charge in [-0.3, -0.25) is 9.97 Å². The van der Waals surface area contributed by atoms with E-state index in [1.54, 1.807) is 0 Å². The molecular formula is C38H38B2N2O4. The molecule has 0 aliphatic carbocycles. The lowest BCUT2D eigenvalue weighted by Gasteiger charge is -2.42. The molecule has 2 saturated heterocycles. The lowest BCUT2D eigenvalue weighted by Crippen LogP contribution is -2.51. The number of hydrogen-bond donors (Lipinski definition) is 0. The molecule has 0 N–H and O–H groups in total. The second-order valence-electron chi connectivity index (χ2n) is 15.0. The van der Waals surface area contributed by atoms with Crippen LogP contribution in [0.25, 0.3) is 43.4 Å². The van der Waals surface area contributed by atoms with Gasteiger partial charge in [0.1, 0.15) is 0 Å². The van der Waals surface area contributed by atoms with Crippen molar-refractivity contribution in [1.82, 2.24) is 9.97 Å². The van der Waals surface area contributed by atoms with Crippen molar-refractivity contribution in [3.05, 3.63) is 72.1 Å². The van der Waals surface area contributed by atoms with Gasteiger partial charge in [-0.15, -0.1) is 0 Å². The molecule has 2 fully saturated rings. The van der Waals surface area contributed by atoms with E-state index in [0.717, 1.165) is 67.3 Å². The molecule has 6 nitrogen and oxygen atoms in total. The van der Waals surface area contributed by atoms with E-state index in [-0.39, 0.29) is 22.4 Å². The van der Waals surface area contributed by atoms with Gasteiger partial charge in [0.25, 0.3) is 0 Å². The smallest absolute Gasteiger partial charge is 0.395 e. The third-order valence-electron chi connectivity index (χ3n) is 8.60. The van der Waals surface area contributed by atoms with Gasteiger partial charge in [0.2, 0.25) is 0 Å². The lowest BCUT2D eigenvalue weighted by molar-refractivity contribution is -0.0721. The van der Waals surface area contributed by atoms with Crippen LogP contribution in [-0.2, 0) is 18.6 Å². The standard InChI is InChI=1S/C38H38B2N2O4/c1-35(2)23-36(3,4)44-39(43-35)15-13-27-29-19-25-11-9-18-42-34(25)22-32(29)28(14-16-40-45-37(5,6)24-38(7,8)46-40)30-20-26-12-10-17-41-33(26)21-31(27)30/h9-12,17-22H,23-24H2,1-8H3. The summed E-state index contributed by atoms with van der Waals surface area (Å²) in [6, 6.07) is 16.6. The van der Waals surface area contributed by atoms with Crippen LogP contribution in [0.1, 0.15) is 79.4 Å². The number of nitrogens with zero attached hydrogens (tertiary/aromatic N) is 2. The van der Waals surface area contributed by atoms with Crippen LogP contribution in [0.15, 0.2) is 60.9 Å². The molecule has 3 aromatic carbocycles. The monoisotopic (exact) mass is 608 g/mol. The van der Waals surface area contributed by atoms with E-state index in [9.17, 15) is 0 Å². The van der Waals surface area contributed by atoms with Crippen LogP contribution in [0.5, 0.6) is 0 Å². The predicted octanol–water partition coefficient (Wildman–Crippen LogP) is 7.84. The van der Waals surface area contributed by atoms with Crippen molar-refractivity contribution in [3.63, 3.8) is 0 Å². The molecule has 7 rings (SSSR count). The first-order valence-electron chi connectivity index (χ1n) is 15.9. The summed E-state index contributed by atoms with van der Waals surface area (Å²) in [6.45, 7) is 16.7. The molecule has 2 aromatic heterocycles. The molecule has 0 radical (unpaired) electrons. The first kappa shape index (κ1) is 30.7. The van der Waals surface area contributed by atoms with Crippen LogP contribution in [-0.4, -0.2) is 46.6 Å². The molecule has 2 aliphatic rings. The van der Waals surface area contributed by atoms with Gasteiger partial charge < -0.3 is 18.6 Å². The summed E-state index contributed by atoms with van der Waals surface area (Å²) in [4.78, 5) is 9.38. The Labute approximate surface area is 271 Å². The Morgan fingerprint density at radius 3 is 1.26 bits per heavy atom. The van der Waals surface area contributed by atoms with Crippen molar-refractivity contribution < 1.29 is 18.6 Å². The summed E-state index contributed by atoms with van der Waals surface area (Å²) >= 11 is 0. The van der Waals surface area contributed by atoms with Gasteiger partial charge in [-0.1, -0.05) is 35.6 Å².